The monoisotopic (exact) mass is 595 g/mol. The average molecular weight is 596 g/mol. The summed E-state index contributed by atoms with van der Waals surface area (Å²) in [5.41, 5.74) is 1.97. The van der Waals surface area contributed by atoms with Gasteiger partial charge in [-0.15, -0.1) is 0 Å². The van der Waals surface area contributed by atoms with Gasteiger partial charge in [-0.1, -0.05) is 86.2 Å². The van der Waals surface area contributed by atoms with Crippen LogP contribution in [0.1, 0.15) is 81.3 Å². The zero-order chi connectivity index (χ0) is 29.7. The van der Waals surface area contributed by atoms with Gasteiger partial charge in [0.05, 0.1) is 6.04 Å². The van der Waals surface area contributed by atoms with Crippen molar-refractivity contribution in [2.24, 2.45) is 5.92 Å². The minimum absolute atomic E-state index is 0.0156. The molecular formula is C33H42ClN3O5. The number of nitrogens with zero attached hydrogens (tertiary/aromatic N) is 1. The van der Waals surface area contributed by atoms with Crippen LogP contribution in [-0.2, 0) is 25.7 Å². The number of piperidine rings is 1. The number of ether oxygens (including phenoxy) is 1. The van der Waals surface area contributed by atoms with Crippen LogP contribution in [0.25, 0.3) is 0 Å². The summed E-state index contributed by atoms with van der Waals surface area (Å²) in [6.07, 6.45) is 8.12. The van der Waals surface area contributed by atoms with E-state index in [1.165, 1.54) is 12.0 Å². The number of amides is 3. The molecular weight excluding hydrogens is 554 g/mol. The van der Waals surface area contributed by atoms with Gasteiger partial charge in [-0.2, -0.15) is 0 Å². The first-order valence-electron chi connectivity index (χ1n) is 15.2. The Hall–Kier alpha value is -3.39. The first-order valence-corrected chi connectivity index (χ1v) is 15.5. The van der Waals surface area contributed by atoms with Gasteiger partial charge in [-0.3, -0.25) is 9.59 Å². The molecule has 0 aromatic heterocycles. The molecule has 2 aromatic carbocycles. The first-order chi connectivity index (χ1) is 20.4. The molecule has 8 nitrogen and oxygen atoms in total. The molecule has 9 heteroatoms. The molecule has 3 atom stereocenters. The van der Waals surface area contributed by atoms with Crippen molar-refractivity contribution in [1.29, 1.82) is 0 Å². The fourth-order valence-electron chi connectivity index (χ4n) is 6.04. The summed E-state index contributed by atoms with van der Waals surface area (Å²) in [4.78, 5) is 52.8. The van der Waals surface area contributed by atoms with E-state index in [0.717, 1.165) is 44.1 Å². The number of carbonyl (C=O) groups excluding carboxylic acids is 4. The number of alkyl carbamates (subject to hydrolysis) is 1. The van der Waals surface area contributed by atoms with Crippen LogP contribution < -0.4 is 10.6 Å². The van der Waals surface area contributed by atoms with Crippen molar-refractivity contribution < 1.29 is 23.9 Å². The zero-order valence-corrected chi connectivity index (χ0v) is 24.9. The van der Waals surface area contributed by atoms with Gasteiger partial charge >= 0.3 is 6.09 Å². The Kier molecular flexibility index (Phi) is 12.2. The number of nitrogens with one attached hydrogen (secondary N) is 2. The van der Waals surface area contributed by atoms with E-state index >= 15 is 0 Å². The molecule has 3 amide bonds. The van der Waals surface area contributed by atoms with Crippen molar-refractivity contribution in [1.82, 2.24) is 15.5 Å². The standard InChI is InChI=1S/C33H42ClN3O5/c34-28-15-7-11-25(19-28)23-42-33(41)36-30(20-24-9-3-1-4-10-24)32(40)35-29(22-38)16-17-31(39)37-18-8-14-27(21-37)26-12-5-2-6-13-26/h2,5-7,11-13,15,19,22,24,27,29-30H,1,3-4,8-10,14,16-18,20-21,23H2,(H,35,40)(H,36,41)/t27?,29-,30-/m1/s1. The number of rotatable bonds is 12. The summed E-state index contributed by atoms with van der Waals surface area (Å²) in [7, 11) is 0. The Balaban J connectivity index is 1.30. The molecule has 1 saturated carbocycles. The van der Waals surface area contributed by atoms with Crippen molar-refractivity contribution in [2.45, 2.75) is 88.8 Å². The first kappa shape index (κ1) is 31.5. The SMILES string of the molecule is O=C[C@@H](CCC(=O)N1CCCC(c2ccccc2)C1)NC(=O)[C@@H](CC1CCCCC1)NC(=O)OCc1cccc(Cl)c1. The Bertz CT molecular complexity index is 1190. The molecule has 1 saturated heterocycles. The highest BCUT2D eigenvalue weighted by Crippen LogP contribution is 2.28. The molecule has 4 rings (SSSR count). The second-order valence-electron chi connectivity index (χ2n) is 11.5. The van der Waals surface area contributed by atoms with E-state index < -0.39 is 24.1 Å². The quantitative estimate of drug-likeness (QED) is 0.303. The second kappa shape index (κ2) is 16.3. The fraction of sp³-hybridized carbons (Fsp3) is 0.515. The molecule has 2 aromatic rings. The zero-order valence-electron chi connectivity index (χ0n) is 24.1. The van der Waals surface area contributed by atoms with Crippen molar-refractivity contribution in [3.8, 4) is 0 Å². The van der Waals surface area contributed by atoms with E-state index in [1.54, 1.807) is 24.3 Å². The van der Waals surface area contributed by atoms with Crippen LogP contribution in [0.5, 0.6) is 0 Å². The molecule has 1 heterocycles. The van der Waals surface area contributed by atoms with Crippen molar-refractivity contribution in [3.05, 3.63) is 70.7 Å². The smallest absolute Gasteiger partial charge is 0.408 e. The maximum absolute atomic E-state index is 13.3. The van der Waals surface area contributed by atoms with Crippen molar-refractivity contribution in [2.75, 3.05) is 13.1 Å². The number of halogens is 1. The van der Waals surface area contributed by atoms with Gasteiger partial charge in [0, 0.05) is 30.5 Å². The van der Waals surface area contributed by atoms with E-state index in [2.05, 4.69) is 22.8 Å². The van der Waals surface area contributed by atoms with Gasteiger partial charge in [0.2, 0.25) is 11.8 Å². The highest BCUT2D eigenvalue weighted by molar-refractivity contribution is 6.30. The molecule has 0 bridgehead atoms. The molecule has 226 valence electrons. The lowest BCUT2D eigenvalue weighted by molar-refractivity contribution is -0.133. The van der Waals surface area contributed by atoms with Gasteiger partial charge < -0.3 is 25.1 Å². The molecule has 1 aliphatic heterocycles. The number of benzene rings is 2. The molecule has 2 fully saturated rings. The summed E-state index contributed by atoms with van der Waals surface area (Å²) in [6, 6.07) is 15.6. The van der Waals surface area contributed by atoms with Crippen LogP contribution in [0.2, 0.25) is 5.02 Å². The third kappa shape index (κ3) is 9.86. The summed E-state index contributed by atoms with van der Waals surface area (Å²) >= 11 is 6.02. The molecule has 1 unspecified atom stereocenters. The Morgan fingerprint density at radius 3 is 2.50 bits per heavy atom. The fourth-order valence-corrected chi connectivity index (χ4v) is 6.26. The number of hydrogen-bond donors (Lipinski definition) is 2. The van der Waals surface area contributed by atoms with Crippen molar-refractivity contribution in [3.63, 3.8) is 0 Å². The van der Waals surface area contributed by atoms with Crippen LogP contribution in [0, 0.1) is 5.92 Å². The molecule has 1 aliphatic carbocycles. The number of likely N-dealkylation sites (tertiary alicyclic amines) is 1. The minimum Gasteiger partial charge on any atom is -0.445 e. The topological polar surface area (TPSA) is 105 Å². The van der Waals surface area contributed by atoms with Gasteiger partial charge in [0.25, 0.3) is 0 Å². The van der Waals surface area contributed by atoms with Crippen molar-refractivity contribution >= 4 is 35.8 Å². The van der Waals surface area contributed by atoms with E-state index in [0.29, 0.717) is 42.7 Å². The lowest BCUT2D eigenvalue weighted by Crippen LogP contribution is -2.51. The van der Waals surface area contributed by atoms with Gasteiger partial charge in [-0.05, 0) is 54.9 Å². The van der Waals surface area contributed by atoms with E-state index in [1.807, 2.05) is 23.1 Å². The minimum atomic E-state index is -0.841. The average Bonchev–Trinajstić information content (AvgIpc) is 3.02. The predicted octanol–water partition coefficient (Wildman–Crippen LogP) is 5.78. The van der Waals surface area contributed by atoms with Crippen LogP contribution in [-0.4, -0.2) is 54.3 Å². The largest absolute Gasteiger partial charge is 0.445 e. The molecule has 42 heavy (non-hydrogen) atoms. The lowest BCUT2D eigenvalue weighted by Gasteiger charge is -2.33. The Morgan fingerprint density at radius 1 is 0.976 bits per heavy atom. The third-order valence-corrected chi connectivity index (χ3v) is 8.60. The van der Waals surface area contributed by atoms with E-state index in [-0.39, 0.29) is 25.4 Å². The number of carbonyl (C=O) groups is 4. The maximum Gasteiger partial charge on any atom is 0.408 e. The summed E-state index contributed by atoms with van der Waals surface area (Å²) in [5, 5.41) is 6.03. The number of aldehydes is 1. The summed E-state index contributed by atoms with van der Waals surface area (Å²) in [5.74, 6) is 0.150. The van der Waals surface area contributed by atoms with Gasteiger partial charge in [-0.25, -0.2) is 4.79 Å². The van der Waals surface area contributed by atoms with Gasteiger partial charge in [0.1, 0.15) is 18.9 Å². The molecule has 2 aliphatic rings. The summed E-state index contributed by atoms with van der Waals surface area (Å²) < 4.78 is 5.36. The highest BCUT2D eigenvalue weighted by atomic mass is 35.5. The van der Waals surface area contributed by atoms with Crippen LogP contribution in [0.4, 0.5) is 4.79 Å². The highest BCUT2D eigenvalue weighted by Gasteiger charge is 2.29. The normalized spacial score (nSPS) is 18.9. The van der Waals surface area contributed by atoms with Gasteiger partial charge in [0.15, 0.2) is 0 Å². The molecule has 2 N–H and O–H groups in total. The molecule has 0 radical (unpaired) electrons. The van der Waals surface area contributed by atoms with E-state index in [9.17, 15) is 19.2 Å². The lowest BCUT2D eigenvalue weighted by atomic mass is 9.84. The third-order valence-electron chi connectivity index (χ3n) is 8.37. The second-order valence-corrected chi connectivity index (χ2v) is 12.0. The number of hydrogen-bond acceptors (Lipinski definition) is 5. The maximum atomic E-state index is 13.3. The Morgan fingerprint density at radius 2 is 1.76 bits per heavy atom. The summed E-state index contributed by atoms with van der Waals surface area (Å²) in [6.45, 7) is 1.38. The Labute approximate surface area is 253 Å². The van der Waals surface area contributed by atoms with Crippen LogP contribution in [0.3, 0.4) is 0 Å². The van der Waals surface area contributed by atoms with E-state index in [4.69, 9.17) is 16.3 Å². The molecule has 0 spiro atoms. The van der Waals surface area contributed by atoms with Crippen LogP contribution >= 0.6 is 11.6 Å². The predicted molar refractivity (Wildman–Crippen MR) is 162 cm³/mol. The van der Waals surface area contributed by atoms with Crippen LogP contribution in [0.15, 0.2) is 54.6 Å².